The fraction of sp³-hybridized carbons (Fsp3) is 1.00. The summed E-state index contributed by atoms with van der Waals surface area (Å²) in [5.74, 6) is 0. The van der Waals surface area contributed by atoms with E-state index in [0.717, 1.165) is 0 Å². The minimum Gasteiger partial charge on any atom is -0.393 e. The Morgan fingerprint density at radius 3 is 1.25 bits per heavy atom. The van der Waals surface area contributed by atoms with Crippen LogP contribution in [-0.2, 0) is 9.78 Å². The van der Waals surface area contributed by atoms with E-state index < -0.39 is 11.2 Å². The minimum absolute atomic E-state index is 0.130. The van der Waals surface area contributed by atoms with E-state index in [1.54, 1.807) is 27.7 Å². The molecule has 2 N–H and O–H groups in total. The summed E-state index contributed by atoms with van der Waals surface area (Å²) in [6, 6.07) is 0. The van der Waals surface area contributed by atoms with Gasteiger partial charge in [0, 0.05) is 0 Å². The zero-order valence-electron chi connectivity index (χ0n) is 8.13. The zero-order chi connectivity index (χ0) is 9.83. The first-order valence-corrected chi connectivity index (χ1v) is 3.91. The number of hydrogen-bond acceptors (Lipinski definition) is 4. The molecule has 0 aliphatic carbocycles. The molecule has 0 amide bonds. The Hall–Kier alpha value is -0.160. The van der Waals surface area contributed by atoms with Crippen molar-refractivity contribution < 1.29 is 20.0 Å². The highest BCUT2D eigenvalue weighted by Gasteiger charge is 2.25. The molecule has 4 heteroatoms. The van der Waals surface area contributed by atoms with Crippen molar-refractivity contribution in [2.45, 2.75) is 38.9 Å². The van der Waals surface area contributed by atoms with Gasteiger partial charge < -0.3 is 10.2 Å². The molecule has 0 unspecified atom stereocenters. The second kappa shape index (κ2) is 4.18. The Bertz CT molecular complexity index is 115. The van der Waals surface area contributed by atoms with Crippen molar-refractivity contribution in [1.29, 1.82) is 0 Å². The van der Waals surface area contributed by atoms with Crippen LogP contribution in [0.2, 0.25) is 0 Å². The molecule has 0 aromatic heterocycles. The first-order chi connectivity index (χ1) is 5.33. The summed E-state index contributed by atoms with van der Waals surface area (Å²) < 4.78 is 0. The zero-order valence-corrected chi connectivity index (χ0v) is 8.13. The van der Waals surface area contributed by atoms with Crippen LogP contribution in [0, 0.1) is 0 Å². The summed E-state index contributed by atoms with van der Waals surface area (Å²) in [6.45, 7) is 6.52. The van der Waals surface area contributed by atoms with E-state index >= 15 is 0 Å². The highest BCUT2D eigenvalue weighted by molar-refractivity contribution is 4.66. The molecular formula is C8H18O4. The third-order valence-corrected chi connectivity index (χ3v) is 1.25. The minimum atomic E-state index is -0.730. The Labute approximate surface area is 73.0 Å². The molecule has 12 heavy (non-hydrogen) atoms. The summed E-state index contributed by atoms with van der Waals surface area (Å²) in [5, 5.41) is 17.6. The lowest BCUT2D eigenvalue weighted by molar-refractivity contribution is -0.407. The molecule has 0 bridgehead atoms. The Morgan fingerprint density at radius 1 is 0.833 bits per heavy atom. The summed E-state index contributed by atoms with van der Waals surface area (Å²) in [4.78, 5) is 9.85. The van der Waals surface area contributed by atoms with E-state index in [-0.39, 0.29) is 13.2 Å². The Balaban J connectivity index is 3.82. The van der Waals surface area contributed by atoms with Crippen molar-refractivity contribution in [1.82, 2.24) is 0 Å². The van der Waals surface area contributed by atoms with Gasteiger partial charge >= 0.3 is 0 Å². The number of hydrogen-bond donors (Lipinski definition) is 2. The smallest absolute Gasteiger partial charge is 0.121 e. The maximum atomic E-state index is 8.80. The number of aliphatic hydroxyl groups excluding tert-OH is 2. The molecule has 0 saturated heterocycles. The lowest BCUT2D eigenvalue weighted by Crippen LogP contribution is -2.37. The van der Waals surface area contributed by atoms with Crippen LogP contribution in [-0.4, -0.2) is 34.6 Å². The van der Waals surface area contributed by atoms with Crippen molar-refractivity contribution in [2.24, 2.45) is 0 Å². The first kappa shape index (κ1) is 11.8. The van der Waals surface area contributed by atoms with Crippen molar-refractivity contribution in [3.05, 3.63) is 0 Å². The van der Waals surface area contributed by atoms with Gasteiger partial charge in [0.2, 0.25) is 0 Å². The quantitative estimate of drug-likeness (QED) is 0.475. The van der Waals surface area contributed by atoms with E-state index in [4.69, 9.17) is 20.0 Å². The molecule has 0 saturated carbocycles. The van der Waals surface area contributed by atoms with E-state index in [2.05, 4.69) is 0 Å². The highest BCUT2D eigenvalue weighted by atomic mass is 17.2. The summed E-state index contributed by atoms with van der Waals surface area (Å²) in [7, 11) is 0. The van der Waals surface area contributed by atoms with E-state index in [1.165, 1.54) is 0 Å². The molecule has 0 spiro atoms. The maximum absolute atomic E-state index is 8.80. The predicted octanol–water partition coefficient (Wildman–Crippen LogP) is 0.476. The molecule has 4 nitrogen and oxygen atoms in total. The van der Waals surface area contributed by atoms with Gasteiger partial charge in [-0.2, -0.15) is 0 Å². The van der Waals surface area contributed by atoms with Crippen LogP contribution in [0.3, 0.4) is 0 Å². The third kappa shape index (κ3) is 4.66. The average Bonchev–Trinajstić information content (AvgIpc) is 2.02. The van der Waals surface area contributed by atoms with Crippen molar-refractivity contribution in [3.8, 4) is 0 Å². The molecule has 0 heterocycles. The first-order valence-electron chi connectivity index (χ1n) is 3.91. The van der Waals surface area contributed by atoms with Crippen LogP contribution in [0.5, 0.6) is 0 Å². The monoisotopic (exact) mass is 178 g/mol. The molecule has 0 aromatic rings. The van der Waals surface area contributed by atoms with Crippen LogP contribution in [0.4, 0.5) is 0 Å². The van der Waals surface area contributed by atoms with Crippen LogP contribution < -0.4 is 0 Å². The van der Waals surface area contributed by atoms with E-state index in [9.17, 15) is 0 Å². The van der Waals surface area contributed by atoms with Gasteiger partial charge in [0.15, 0.2) is 0 Å². The van der Waals surface area contributed by atoms with Gasteiger partial charge in [-0.3, -0.25) is 0 Å². The Kier molecular flexibility index (Phi) is 4.13. The van der Waals surface area contributed by atoms with Crippen molar-refractivity contribution in [2.75, 3.05) is 13.2 Å². The average molecular weight is 178 g/mol. The maximum Gasteiger partial charge on any atom is 0.121 e. The van der Waals surface area contributed by atoms with Crippen LogP contribution >= 0.6 is 0 Å². The van der Waals surface area contributed by atoms with Gasteiger partial charge in [-0.15, -0.1) is 0 Å². The van der Waals surface area contributed by atoms with Gasteiger partial charge in [0.1, 0.15) is 11.2 Å². The largest absolute Gasteiger partial charge is 0.393 e. The molecule has 0 atom stereocenters. The number of aliphatic hydroxyl groups is 2. The molecule has 0 aliphatic rings. The standard InChI is InChI=1S/C8H18O4/c1-7(2,5-9)11-12-8(3,4)6-10/h9-10H,5-6H2,1-4H3. The Morgan fingerprint density at radius 2 is 1.08 bits per heavy atom. The summed E-state index contributed by atoms with van der Waals surface area (Å²) in [6.07, 6.45) is 0. The summed E-state index contributed by atoms with van der Waals surface area (Å²) >= 11 is 0. The molecule has 0 fully saturated rings. The van der Waals surface area contributed by atoms with E-state index in [0.29, 0.717) is 0 Å². The van der Waals surface area contributed by atoms with Gasteiger partial charge in [0.05, 0.1) is 13.2 Å². The van der Waals surface area contributed by atoms with E-state index in [1.807, 2.05) is 0 Å². The number of rotatable bonds is 5. The van der Waals surface area contributed by atoms with Crippen LogP contribution in [0.1, 0.15) is 27.7 Å². The fourth-order valence-corrected chi connectivity index (χ4v) is 0.278. The second-order valence-electron chi connectivity index (χ2n) is 4.00. The molecule has 0 aromatic carbocycles. The molecule has 74 valence electrons. The van der Waals surface area contributed by atoms with Gasteiger partial charge in [-0.25, -0.2) is 9.78 Å². The fourth-order valence-electron chi connectivity index (χ4n) is 0.278. The lowest BCUT2D eigenvalue weighted by atomic mass is 10.1. The van der Waals surface area contributed by atoms with Gasteiger partial charge in [0.25, 0.3) is 0 Å². The lowest BCUT2D eigenvalue weighted by Gasteiger charge is -2.27. The molecule has 0 rings (SSSR count). The SMILES string of the molecule is CC(C)(CO)OOC(C)(C)CO. The van der Waals surface area contributed by atoms with Crippen molar-refractivity contribution >= 4 is 0 Å². The predicted molar refractivity (Wildman–Crippen MR) is 44.5 cm³/mol. The third-order valence-electron chi connectivity index (χ3n) is 1.25. The van der Waals surface area contributed by atoms with Gasteiger partial charge in [-0.05, 0) is 27.7 Å². The second-order valence-corrected chi connectivity index (χ2v) is 4.00. The topological polar surface area (TPSA) is 58.9 Å². The van der Waals surface area contributed by atoms with Gasteiger partial charge in [-0.1, -0.05) is 0 Å². The van der Waals surface area contributed by atoms with Crippen LogP contribution in [0.15, 0.2) is 0 Å². The normalized spacial score (nSPS) is 13.5. The molecular weight excluding hydrogens is 160 g/mol. The van der Waals surface area contributed by atoms with Crippen LogP contribution in [0.25, 0.3) is 0 Å². The summed E-state index contributed by atoms with van der Waals surface area (Å²) in [5.41, 5.74) is -1.46. The van der Waals surface area contributed by atoms with Crippen molar-refractivity contribution in [3.63, 3.8) is 0 Å². The highest BCUT2D eigenvalue weighted by Crippen LogP contribution is 2.15. The molecule has 0 aliphatic heterocycles. The molecule has 0 radical (unpaired) electrons.